The molecule has 0 unspecified atom stereocenters. The van der Waals surface area contributed by atoms with E-state index in [2.05, 4.69) is 4.72 Å². The van der Waals surface area contributed by atoms with Crippen LogP contribution in [0.4, 0.5) is 0 Å². The van der Waals surface area contributed by atoms with Crippen LogP contribution in [0.2, 0.25) is 0 Å². The first-order valence-electron chi connectivity index (χ1n) is 8.83. The number of amides is 1. The number of piperidine rings is 1. The molecule has 1 N–H and O–H groups in total. The van der Waals surface area contributed by atoms with Gasteiger partial charge in [0, 0.05) is 24.5 Å². The van der Waals surface area contributed by atoms with E-state index in [0.29, 0.717) is 19.5 Å². The van der Waals surface area contributed by atoms with E-state index in [1.807, 2.05) is 52.7 Å². The number of hydrogen-bond acceptors (Lipinski definition) is 4. The van der Waals surface area contributed by atoms with Crippen molar-refractivity contribution in [3.05, 3.63) is 58.3 Å². The largest absolute Gasteiger partial charge is 0.342 e. The van der Waals surface area contributed by atoms with Gasteiger partial charge in [-0.25, -0.2) is 13.1 Å². The highest BCUT2D eigenvalue weighted by Crippen LogP contribution is 2.18. The number of carbonyl (C=O) groups is 1. The lowest BCUT2D eigenvalue weighted by molar-refractivity contribution is -0.132. The Labute approximate surface area is 159 Å². The van der Waals surface area contributed by atoms with Gasteiger partial charge in [0.25, 0.3) is 0 Å². The number of rotatable bonds is 7. The van der Waals surface area contributed by atoms with Crippen LogP contribution in [0, 0.1) is 5.92 Å². The minimum Gasteiger partial charge on any atom is -0.342 e. The molecule has 1 fully saturated rings. The van der Waals surface area contributed by atoms with E-state index in [4.69, 9.17) is 0 Å². The molecule has 1 atom stereocenters. The Morgan fingerprint density at radius 1 is 1.19 bits per heavy atom. The third-order valence-electron chi connectivity index (χ3n) is 4.57. The SMILES string of the molecule is O=C(Cc1cccs1)N1CCC[C@H](CNS(=O)(=O)Cc2ccccc2)C1. The number of sulfonamides is 1. The third kappa shape index (κ3) is 5.65. The van der Waals surface area contributed by atoms with Crippen LogP contribution < -0.4 is 4.72 Å². The molecule has 0 radical (unpaired) electrons. The highest BCUT2D eigenvalue weighted by molar-refractivity contribution is 7.88. The Hall–Kier alpha value is -1.70. The summed E-state index contributed by atoms with van der Waals surface area (Å²) in [6.07, 6.45) is 2.29. The fourth-order valence-electron chi connectivity index (χ4n) is 3.22. The van der Waals surface area contributed by atoms with Gasteiger partial charge in [0.1, 0.15) is 0 Å². The van der Waals surface area contributed by atoms with Crippen molar-refractivity contribution in [1.82, 2.24) is 9.62 Å². The molecule has 140 valence electrons. The van der Waals surface area contributed by atoms with E-state index in [0.717, 1.165) is 29.8 Å². The zero-order valence-corrected chi connectivity index (χ0v) is 16.3. The van der Waals surface area contributed by atoms with Crippen LogP contribution in [0.1, 0.15) is 23.3 Å². The van der Waals surface area contributed by atoms with Crippen molar-refractivity contribution in [1.29, 1.82) is 0 Å². The Morgan fingerprint density at radius 2 is 2.00 bits per heavy atom. The molecular formula is C19H24N2O3S2. The number of benzene rings is 1. The van der Waals surface area contributed by atoms with Crippen LogP contribution in [0.3, 0.4) is 0 Å². The molecule has 1 aromatic carbocycles. The Bertz CT molecular complexity index is 805. The van der Waals surface area contributed by atoms with Gasteiger partial charge in [0.2, 0.25) is 15.9 Å². The smallest absolute Gasteiger partial charge is 0.227 e. The summed E-state index contributed by atoms with van der Waals surface area (Å²) >= 11 is 1.59. The van der Waals surface area contributed by atoms with Crippen molar-refractivity contribution in [2.24, 2.45) is 5.92 Å². The molecule has 1 aromatic heterocycles. The lowest BCUT2D eigenvalue weighted by Gasteiger charge is -2.33. The van der Waals surface area contributed by atoms with Gasteiger partial charge in [0.15, 0.2) is 0 Å². The van der Waals surface area contributed by atoms with Crippen LogP contribution in [-0.4, -0.2) is 38.9 Å². The molecular weight excluding hydrogens is 368 g/mol. The van der Waals surface area contributed by atoms with Crippen molar-refractivity contribution in [3.8, 4) is 0 Å². The predicted octanol–water partition coefficient (Wildman–Crippen LogP) is 2.65. The molecule has 3 rings (SSSR count). The Morgan fingerprint density at radius 3 is 2.73 bits per heavy atom. The topological polar surface area (TPSA) is 66.5 Å². The lowest BCUT2D eigenvalue weighted by atomic mass is 9.98. The van der Waals surface area contributed by atoms with E-state index >= 15 is 0 Å². The van der Waals surface area contributed by atoms with Gasteiger partial charge in [-0.05, 0) is 35.8 Å². The summed E-state index contributed by atoms with van der Waals surface area (Å²) in [6.45, 7) is 1.77. The molecule has 0 aliphatic carbocycles. The molecule has 1 saturated heterocycles. The highest BCUT2D eigenvalue weighted by atomic mass is 32.2. The number of likely N-dealkylation sites (tertiary alicyclic amines) is 1. The van der Waals surface area contributed by atoms with Crippen molar-refractivity contribution < 1.29 is 13.2 Å². The van der Waals surface area contributed by atoms with E-state index < -0.39 is 10.0 Å². The molecule has 7 heteroatoms. The maximum Gasteiger partial charge on any atom is 0.227 e. The Balaban J connectivity index is 1.49. The summed E-state index contributed by atoms with van der Waals surface area (Å²) in [5, 5.41) is 1.98. The summed E-state index contributed by atoms with van der Waals surface area (Å²) in [5.41, 5.74) is 0.774. The molecule has 5 nitrogen and oxygen atoms in total. The first-order valence-corrected chi connectivity index (χ1v) is 11.4. The number of hydrogen-bond donors (Lipinski definition) is 1. The zero-order chi connectivity index (χ0) is 18.4. The summed E-state index contributed by atoms with van der Waals surface area (Å²) < 4.78 is 27.3. The second-order valence-corrected chi connectivity index (χ2v) is 9.54. The average molecular weight is 393 g/mol. The third-order valence-corrected chi connectivity index (χ3v) is 6.76. The van der Waals surface area contributed by atoms with Crippen LogP contribution >= 0.6 is 11.3 Å². The molecule has 2 heterocycles. The molecule has 0 spiro atoms. The van der Waals surface area contributed by atoms with E-state index in [9.17, 15) is 13.2 Å². The van der Waals surface area contributed by atoms with Crippen molar-refractivity contribution in [2.75, 3.05) is 19.6 Å². The monoisotopic (exact) mass is 392 g/mol. The Kier molecular flexibility index (Phi) is 6.45. The highest BCUT2D eigenvalue weighted by Gasteiger charge is 2.25. The van der Waals surface area contributed by atoms with Crippen LogP contribution in [0.5, 0.6) is 0 Å². The molecule has 0 saturated carbocycles. The summed E-state index contributed by atoms with van der Waals surface area (Å²) in [4.78, 5) is 15.4. The maximum atomic E-state index is 12.4. The van der Waals surface area contributed by atoms with Gasteiger partial charge in [-0.15, -0.1) is 11.3 Å². The van der Waals surface area contributed by atoms with Crippen LogP contribution in [0.25, 0.3) is 0 Å². The van der Waals surface area contributed by atoms with Crippen molar-refractivity contribution in [2.45, 2.75) is 25.0 Å². The molecule has 1 aliphatic heterocycles. The minimum atomic E-state index is -3.36. The number of nitrogens with zero attached hydrogens (tertiary/aromatic N) is 1. The predicted molar refractivity (Wildman–Crippen MR) is 104 cm³/mol. The minimum absolute atomic E-state index is 0.0123. The summed E-state index contributed by atoms with van der Waals surface area (Å²) in [7, 11) is -3.36. The van der Waals surface area contributed by atoms with E-state index in [-0.39, 0.29) is 17.6 Å². The first kappa shape index (κ1) is 19.1. The fourth-order valence-corrected chi connectivity index (χ4v) is 5.14. The van der Waals surface area contributed by atoms with Gasteiger partial charge in [-0.3, -0.25) is 4.79 Å². The molecule has 0 bridgehead atoms. The van der Waals surface area contributed by atoms with Gasteiger partial charge in [-0.1, -0.05) is 36.4 Å². The molecule has 1 aliphatic rings. The van der Waals surface area contributed by atoms with Crippen LogP contribution in [0.15, 0.2) is 47.8 Å². The van der Waals surface area contributed by atoms with Gasteiger partial charge in [-0.2, -0.15) is 0 Å². The zero-order valence-electron chi connectivity index (χ0n) is 14.6. The van der Waals surface area contributed by atoms with Crippen LogP contribution in [-0.2, 0) is 27.0 Å². The standard InChI is InChI=1S/C19H24N2O3S2/c22-19(12-18-9-5-11-25-18)21-10-4-8-17(14-21)13-20-26(23,24)15-16-6-2-1-3-7-16/h1-3,5-7,9,11,17,20H,4,8,10,12-15H2/t17-/m1/s1. The quantitative estimate of drug-likeness (QED) is 0.788. The maximum absolute atomic E-state index is 12.4. The molecule has 26 heavy (non-hydrogen) atoms. The number of carbonyl (C=O) groups excluding carboxylic acids is 1. The molecule has 2 aromatic rings. The lowest BCUT2D eigenvalue weighted by Crippen LogP contribution is -2.44. The van der Waals surface area contributed by atoms with Gasteiger partial charge in [0.05, 0.1) is 12.2 Å². The number of thiophene rings is 1. The van der Waals surface area contributed by atoms with E-state index in [1.165, 1.54) is 0 Å². The number of nitrogens with one attached hydrogen (secondary N) is 1. The van der Waals surface area contributed by atoms with Gasteiger partial charge < -0.3 is 4.90 Å². The second kappa shape index (κ2) is 8.79. The van der Waals surface area contributed by atoms with Crippen molar-refractivity contribution >= 4 is 27.3 Å². The fraction of sp³-hybridized carbons (Fsp3) is 0.421. The van der Waals surface area contributed by atoms with Gasteiger partial charge >= 0.3 is 0 Å². The molecule has 1 amide bonds. The first-order chi connectivity index (χ1) is 12.5. The summed E-state index contributed by atoms with van der Waals surface area (Å²) in [6, 6.07) is 13.1. The average Bonchev–Trinajstić information content (AvgIpc) is 3.14. The normalized spacial score (nSPS) is 18.0. The summed E-state index contributed by atoms with van der Waals surface area (Å²) in [5.74, 6) is 0.285. The van der Waals surface area contributed by atoms with E-state index in [1.54, 1.807) is 11.3 Å². The second-order valence-electron chi connectivity index (χ2n) is 6.70. The van der Waals surface area contributed by atoms with Crippen molar-refractivity contribution in [3.63, 3.8) is 0 Å².